The maximum Gasteiger partial charge on any atom is 0.204 e. The van der Waals surface area contributed by atoms with Crippen molar-refractivity contribution in [2.45, 2.75) is 33.6 Å². The van der Waals surface area contributed by atoms with Crippen LogP contribution in [0.25, 0.3) is 0 Å². The molecule has 2 aromatic heterocycles. The number of ketones is 1. The Labute approximate surface area is 104 Å². The van der Waals surface area contributed by atoms with Crippen LogP contribution in [0.4, 0.5) is 0 Å². The fraction of sp³-hybridized carbons (Fsp3) is 0.385. The van der Waals surface area contributed by atoms with Crippen molar-refractivity contribution in [3.8, 4) is 0 Å². The SMILES string of the molecule is CCc1ccc(C(=O)Cc2nc(C)c(C)s2)o1. The van der Waals surface area contributed by atoms with E-state index in [0.29, 0.717) is 12.2 Å². The molecule has 0 aliphatic heterocycles. The number of Topliss-reactive ketones (excluding diaryl/α,β-unsaturated/α-hetero) is 1. The molecule has 0 unspecified atom stereocenters. The van der Waals surface area contributed by atoms with Gasteiger partial charge in [0.1, 0.15) is 10.8 Å². The second-order valence-electron chi connectivity index (χ2n) is 3.97. The number of rotatable bonds is 4. The number of aromatic nitrogens is 1. The number of carbonyl (C=O) groups is 1. The van der Waals surface area contributed by atoms with Crippen molar-refractivity contribution in [1.82, 2.24) is 4.98 Å². The minimum atomic E-state index is -0.00144. The van der Waals surface area contributed by atoms with E-state index in [1.807, 2.05) is 26.8 Å². The van der Waals surface area contributed by atoms with Crippen molar-refractivity contribution in [1.29, 1.82) is 0 Å². The van der Waals surface area contributed by atoms with Gasteiger partial charge in [0.05, 0.1) is 12.1 Å². The zero-order valence-electron chi connectivity index (χ0n) is 10.2. The van der Waals surface area contributed by atoms with Crippen molar-refractivity contribution in [3.63, 3.8) is 0 Å². The summed E-state index contributed by atoms with van der Waals surface area (Å²) in [6.07, 6.45) is 1.14. The zero-order chi connectivity index (χ0) is 12.4. The third kappa shape index (κ3) is 2.64. The standard InChI is InChI=1S/C13H15NO2S/c1-4-10-5-6-12(16-10)11(15)7-13-14-8(2)9(3)17-13/h5-6H,4,7H2,1-3H3. The lowest BCUT2D eigenvalue weighted by Gasteiger charge is -1.93. The van der Waals surface area contributed by atoms with Gasteiger partial charge < -0.3 is 4.42 Å². The molecule has 0 saturated heterocycles. The average molecular weight is 249 g/mol. The fourth-order valence-corrected chi connectivity index (χ4v) is 2.49. The summed E-state index contributed by atoms with van der Waals surface area (Å²) in [5.41, 5.74) is 1.01. The van der Waals surface area contributed by atoms with Gasteiger partial charge in [-0.1, -0.05) is 6.92 Å². The second kappa shape index (κ2) is 4.84. The molecule has 0 aliphatic carbocycles. The van der Waals surface area contributed by atoms with Gasteiger partial charge in [-0.05, 0) is 26.0 Å². The predicted molar refractivity (Wildman–Crippen MR) is 67.7 cm³/mol. The maximum absolute atomic E-state index is 11.9. The molecule has 90 valence electrons. The molecule has 0 spiro atoms. The molecule has 0 N–H and O–H groups in total. The molecule has 2 heterocycles. The van der Waals surface area contributed by atoms with Crippen LogP contribution < -0.4 is 0 Å². The first-order valence-electron chi connectivity index (χ1n) is 5.65. The number of thiazole rings is 1. The molecule has 2 aromatic rings. The topological polar surface area (TPSA) is 43.1 Å². The highest BCUT2D eigenvalue weighted by Crippen LogP contribution is 2.19. The molecular weight excluding hydrogens is 234 g/mol. The van der Waals surface area contributed by atoms with Gasteiger partial charge in [-0.3, -0.25) is 4.79 Å². The van der Waals surface area contributed by atoms with Gasteiger partial charge in [0.25, 0.3) is 0 Å². The van der Waals surface area contributed by atoms with E-state index in [1.54, 1.807) is 17.4 Å². The summed E-state index contributed by atoms with van der Waals surface area (Å²) in [6.45, 7) is 5.98. The van der Waals surface area contributed by atoms with E-state index in [-0.39, 0.29) is 5.78 Å². The summed E-state index contributed by atoms with van der Waals surface area (Å²) in [5, 5.41) is 0.861. The van der Waals surface area contributed by atoms with Crippen molar-refractivity contribution in [2.75, 3.05) is 0 Å². The van der Waals surface area contributed by atoms with Gasteiger partial charge in [0.15, 0.2) is 5.76 Å². The van der Waals surface area contributed by atoms with Crippen molar-refractivity contribution in [3.05, 3.63) is 39.2 Å². The van der Waals surface area contributed by atoms with Crippen molar-refractivity contribution in [2.24, 2.45) is 0 Å². The number of carbonyl (C=O) groups excluding carboxylic acids is 1. The third-order valence-electron chi connectivity index (χ3n) is 2.67. The summed E-state index contributed by atoms with van der Waals surface area (Å²) in [4.78, 5) is 17.5. The Kier molecular flexibility index (Phi) is 3.43. The zero-order valence-corrected chi connectivity index (χ0v) is 11.1. The van der Waals surface area contributed by atoms with Gasteiger partial charge in [-0.2, -0.15) is 0 Å². The molecular formula is C13H15NO2S. The Morgan fingerprint density at radius 1 is 1.41 bits per heavy atom. The Hall–Kier alpha value is -1.42. The minimum Gasteiger partial charge on any atom is -0.458 e. The lowest BCUT2D eigenvalue weighted by molar-refractivity contribution is 0.0964. The van der Waals surface area contributed by atoms with Crippen molar-refractivity contribution < 1.29 is 9.21 Å². The molecule has 2 rings (SSSR count). The van der Waals surface area contributed by atoms with Crippen LogP contribution >= 0.6 is 11.3 Å². The van der Waals surface area contributed by atoms with Crippen LogP contribution in [-0.4, -0.2) is 10.8 Å². The van der Waals surface area contributed by atoms with E-state index >= 15 is 0 Å². The summed E-state index contributed by atoms with van der Waals surface area (Å²) in [5.74, 6) is 1.28. The molecule has 0 aromatic carbocycles. The third-order valence-corrected chi connectivity index (χ3v) is 3.74. The lowest BCUT2D eigenvalue weighted by Crippen LogP contribution is -2.01. The van der Waals surface area contributed by atoms with Gasteiger partial charge in [-0.15, -0.1) is 11.3 Å². The highest BCUT2D eigenvalue weighted by atomic mass is 32.1. The molecule has 0 amide bonds. The molecule has 0 fully saturated rings. The van der Waals surface area contributed by atoms with E-state index < -0.39 is 0 Å². The molecule has 0 radical (unpaired) electrons. The molecule has 0 bridgehead atoms. The Morgan fingerprint density at radius 3 is 2.71 bits per heavy atom. The molecule has 17 heavy (non-hydrogen) atoms. The predicted octanol–water partition coefficient (Wildman–Crippen LogP) is 3.34. The highest BCUT2D eigenvalue weighted by Gasteiger charge is 2.14. The number of hydrogen-bond acceptors (Lipinski definition) is 4. The summed E-state index contributed by atoms with van der Waals surface area (Å²) in [7, 11) is 0. The van der Waals surface area contributed by atoms with Crippen LogP contribution in [0.2, 0.25) is 0 Å². The molecule has 3 nitrogen and oxygen atoms in total. The lowest BCUT2D eigenvalue weighted by atomic mass is 10.2. The monoisotopic (exact) mass is 249 g/mol. The Morgan fingerprint density at radius 2 is 2.18 bits per heavy atom. The molecule has 0 saturated carbocycles. The van der Waals surface area contributed by atoms with E-state index in [4.69, 9.17) is 4.42 Å². The number of nitrogens with zero attached hydrogens (tertiary/aromatic N) is 1. The Bertz CT molecular complexity index is 520. The number of aryl methyl sites for hydroxylation is 3. The van der Waals surface area contributed by atoms with E-state index in [9.17, 15) is 4.79 Å². The normalized spacial score (nSPS) is 10.8. The molecule has 4 heteroatoms. The van der Waals surface area contributed by atoms with Crippen LogP contribution in [0.1, 0.15) is 38.8 Å². The first-order valence-corrected chi connectivity index (χ1v) is 6.46. The number of furan rings is 1. The van der Waals surface area contributed by atoms with Gasteiger partial charge in [0, 0.05) is 11.3 Å². The second-order valence-corrected chi connectivity index (χ2v) is 5.26. The van der Waals surface area contributed by atoms with Crippen LogP contribution in [-0.2, 0) is 12.8 Å². The first-order chi connectivity index (χ1) is 8.10. The average Bonchev–Trinajstić information content (AvgIpc) is 2.87. The first kappa shape index (κ1) is 12.0. The van der Waals surface area contributed by atoms with Crippen LogP contribution in [0, 0.1) is 13.8 Å². The highest BCUT2D eigenvalue weighted by molar-refractivity contribution is 7.11. The molecule has 0 atom stereocenters. The summed E-state index contributed by atoms with van der Waals surface area (Å²) >= 11 is 1.58. The van der Waals surface area contributed by atoms with Gasteiger partial charge >= 0.3 is 0 Å². The Balaban J connectivity index is 2.11. The number of hydrogen-bond donors (Lipinski definition) is 0. The fourth-order valence-electron chi connectivity index (χ4n) is 1.56. The van der Waals surface area contributed by atoms with Gasteiger partial charge in [0.2, 0.25) is 5.78 Å². The van der Waals surface area contributed by atoms with Crippen LogP contribution in [0.15, 0.2) is 16.5 Å². The van der Waals surface area contributed by atoms with Gasteiger partial charge in [-0.25, -0.2) is 4.98 Å². The molecule has 0 aliphatic rings. The van der Waals surface area contributed by atoms with Crippen molar-refractivity contribution >= 4 is 17.1 Å². The smallest absolute Gasteiger partial charge is 0.204 e. The maximum atomic E-state index is 11.9. The summed E-state index contributed by atoms with van der Waals surface area (Å²) in [6, 6.07) is 3.60. The van der Waals surface area contributed by atoms with Crippen LogP contribution in [0.5, 0.6) is 0 Å². The van der Waals surface area contributed by atoms with E-state index in [2.05, 4.69) is 4.98 Å². The largest absolute Gasteiger partial charge is 0.458 e. The van der Waals surface area contributed by atoms with Crippen LogP contribution in [0.3, 0.4) is 0 Å². The quantitative estimate of drug-likeness (QED) is 0.780. The minimum absolute atomic E-state index is 0.00144. The summed E-state index contributed by atoms with van der Waals surface area (Å²) < 4.78 is 5.43. The van der Waals surface area contributed by atoms with E-state index in [0.717, 1.165) is 22.9 Å². The van der Waals surface area contributed by atoms with E-state index in [1.165, 1.54) is 4.88 Å².